The maximum absolute atomic E-state index is 13.8. The molecule has 156 valence electrons. The first kappa shape index (κ1) is 21.9. The fourth-order valence-corrected chi connectivity index (χ4v) is 3.44. The molecule has 0 unspecified atom stereocenters. The highest BCUT2D eigenvalue weighted by molar-refractivity contribution is 8.02. The zero-order chi connectivity index (χ0) is 21.5. The molecule has 0 bridgehead atoms. The van der Waals surface area contributed by atoms with Crippen LogP contribution in [0.2, 0.25) is 5.02 Å². The number of thioether (sulfide) groups is 1. The van der Waals surface area contributed by atoms with Gasteiger partial charge in [0.2, 0.25) is 0 Å². The Kier molecular flexibility index (Phi) is 7.48. The first-order valence-corrected chi connectivity index (χ1v) is 10.5. The van der Waals surface area contributed by atoms with Crippen molar-refractivity contribution in [2.24, 2.45) is 4.99 Å². The Morgan fingerprint density at radius 1 is 1.30 bits per heavy atom. The number of benzene rings is 1. The number of pyridine rings is 1. The molecule has 2 heterocycles. The first-order chi connectivity index (χ1) is 14.5. The van der Waals surface area contributed by atoms with E-state index in [1.807, 2.05) is 24.5 Å². The van der Waals surface area contributed by atoms with Gasteiger partial charge in [-0.1, -0.05) is 17.7 Å². The highest BCUT2D eigenvalue weighted by atomic mass is 35.5. The van der Waals surface area contributed by atoms with Crippen LogP contribution < -0.4 is 10.6 Å². The first-order valence-electron chi connectivity index (χ1n) is 9.07. The quantitative estimate of drug-likeness (QED) is 0.243. The second kappa shape index (κ2) is 10.3. The highest BCUT2D eigenvalue weighted by Crippen LogP contribution is 2.24. The van der Waals surface area contributed by atoms with E-state index in [4.69, 9.17) is 16.0 Å². The zero-order valence-corrected chi connectivity index (χ0v) is 18.1. The predicted molar refractivity (Wildman–Crippen MR) is 123 cm³/mol. The molecule has 0 fully saturated rings. The molecule has 6 nitrogen and oxygen atoms in total. The average molecular weight is 446 g/mol. The minimum absolute atomic E-state index is 0.366. The molecule has 0 aliphatic rings. The summed E-state index contributed by atoms with van der Waals surface area (Å²) >= 11 is 7.27. The van der Waals surface area contributed by atoms with Crippen molar-refractivity contribution >= 4 is 47.3 Å². The van der Waals surface area contributed by atoms with Gasteiger partial charge in [-0.2, -0.15) is 0 Å². The van der Waals surface area contributed by atoms with E-state index >= 15 is 0 Å². The minimum atomic E-state index is -0.386. The summed E-state index contributed by atoms with van der Waals surface area (Å²) in [5.41, 5.74) is 2.75. The largest absolute Gasteiger partial charge is 0.439 e. The number of hydrogen-bond acceptors (Lipinski definition) is 7. The molecule has 0 amide bonds. The van der Waals surface area contributed by atoms with Gasteiger partial charge in [-0.15, -0.1) is 11.8 Å². The number of nitrogens with zero attached hydrogens (tertiary/aromatic N) is 3. The monoisotopic (exact) mass is 445 g/mol. The van der Waals surface area contributed by atoms with Crippen LogP contribution in [0.1, 0.15) is 22.9 Å². The molecular formula is C21H21ClFN5OS. The number of nitrogens with one attached hydrogen (secondary N) is 2. The Bertz CT molecular complexity index is 1050. The highest BCUT2D eigenvalue weighted by Gasteiger charge is 2.10. The van der Waals surface area contributed by atoms with Crippen molar-refractivity contribution in [1.82, 2.24) is 9.97 Å². The molecule has 3 aromatic rings. The van der Waals surface area contributed by atoms with E-state index in [0.29, 0.717) is 40.5 Å². The standard InChI is InChI=1S/C21H21ClFN5OS/c1-13-21(29-14(2)28-13)19(24-3)11-30-12-27-20-7-4-15(10-26-20)9-25-18-6-5-16(22)8-17(18)23/h4-8,10-11,25H,3,9,12H2,1-2H3,(H,26,27)/b19-11-. The number of rotatable bonds is 9. The Morgan fingerprint density at radius 2 is 2.13 bits per heavy atom. The third-order valence-electron chi connectivity index (χ3n) is 4.08. The molecule has 1 aromatic carbocycles. The maximum atomic E-state index is 13.8. The summed E-state index contributed by atoms with van der Waals surface area (Å²) in [6.07, 6.45) is 1.74. The van der Waals surface area contributed by atoms with Crippen LogP contribution >= 0.6 is 23.4 Å². The summed E-state index contributed by atoms with van der Waals surface area (Å²) in [5, 5.41) is 8.48. The summed E-state index contributed by atoms with van der Waals surface area (Å²) in [5.74, 6) is 2.16. The second-order valence-electron chi connectivity index (χ2n) is 6.33. The molecule has 0 aliphatic heterocycles. The van der Waals surface area contributed by atoms with Gasteiger partial charge in [0.25, 0.3) is 0 Å². The molecule has 0 spiro atoms. The molecule has 0 saturated heterocycles. The van der Waals surface area contributed by atoms with Crippen LogP contribution in [0.5, 0.6) is 0 Å². The lowest BCUT2D eigenvalue weighted by Crippen LogP contribution is -2.03. The molecule has 30 heavy (non-hydrogen) atoms. The zero-order valence-electron chi connectivity index (χ0n) is 16.6. The van der Waals surface area contributed by atoms with Crippen molar-refractivity contribution in [2.45, 2.75) is 20.4 Å². The molecular weight excluding hydrogens is 425 g/mol. The van der Waals surface area contributed by atoms with Crippen molar-refractivity contribution in [3.05, 3.63) is 75.7 Å². The Labute approximate surface area is 183 Å². The number of aliphatic imine (C=N–C) groups is 1. The van der Waals surface area contributed by atoms with Gasteiger partial charge in [-0.05, 0) is 43.5 Å². The summed E-state index contributed by atoms with van der Waals surface area (Å²) in [7, 11) is 0. The summed E-state index contributed by atoms with van der Waals surface area (Å²) in [4.78, 5) is 12.6. The van der Waals surface area contributed by atoms with Crippen molar-refractivity contribution in [2.75, 3.05) is 16.5 Å². The minimum Gasteiger partial charge on any atom is -0.439 e. The number of aryl methyl sites for hydroxylation is 2. The third kappa shape index (κ3) is 5.84. The van der Waals surface area contributed by atoms with E-state index in [2.05, 4.69) is 32.3 Å². The average Bonchev–Trinajstić information content (AvgIpc) is 3.06. The van der Waals surface area contributed by atoms with E-state index in [0.717, 1.165) is 17.1 Å². The van der Waals surface area contributed by atoms with Gasteiger partial charge < -0.3 is 15.1 Å². The second-order valence-corrected chi connectivity index (χ2v) is 7.62. The molecule has 3 rings (SSSR count). The van der Waals surface area contributed by atoms with Gasteiger partial charge in [-0.25, -0.2) is 14.4 Å². The fourth-order valence-electron chi connectivity index (χ4n) is 2.63. The van der Waals surface area contributed by atoms with Gasteiger partial charge in [0, 0.05) is 30.1 Å². The number of oxazole rings is 1. The molecule has 9 heteroatoms. The number of halogens is 2. The fraction of sp³-hybridized carbons (Fsp3) is 0.190. The van der Waals surface area contributed by atoms with Crippen LogP contribution in [0.15, 0.2) is 51.3 Å². The van der Waals surface area contributed by atoms with E-state index in [1.54, 1.807) is 25.3 Å². The molecule has 2 aromatic heterocycles. The van der Waals surface area contributed by atoms with E-state index in [-0.39, 0.29) is 5.82 Å². The van der Waals surface area contributed by atoms with Crippen LogP contribution in [0.4, 0.5) is 15.9 Å². The normalized spacial score (nSPS) is 11.4. The molecule has 0 atom stereocenters. The van der Waals surface area contributed by atoms with E-state index in [9.17, 15) is 4.39 Å². The summed E-state index contributed by atoms with van der Waals surface area (Å²) in [6, 6.07) is 8.33. The van der Waals surface area contributed by atoms with Crippen LogP contribution in [0.25, 0.3) is 5.70 Å². The van der Waals surface area contributed by atoms with Crippen LogP contribution in [-0.2, 0) is 6.54 Å². The van der Waals surface area contributed by atoms with E-state index in [1.165, 1.54) is 17.8 Å². The van der Waals surface area contributed by atoms with Gasteiger partial charge >= 0.3 is 0 Å². The van der Waals surface area contributed by atoms with Gasteiger partial charge in [0.1, 0.15) is 17.3 Å². The van der Waals surface area contributed by atoms with Crippen LogP contribution in [0.3, 0.4) is 0 Å². The molecule has 0 aliphatic carbocycles. The van der Waals surface area contributed by atoms with Crippen molar-refractivity contribution < 1.29 is 8.81 Å². The molecule has 0 saturated carbocycles. The Hall–Kier alpha value is -2.84. The van der Waals surface area contributed by atoms with Crippen LogP contribution in [-0.4, -0.2) is 22.6 Å². The molecule has 2 N–H and O–H groups in total. The maximum Gasteiger partial charge on any atom is 0.192 e. The lowest BCUT2D eigenvalue weighted by molar-refractivity contribution is 0.508. The third-order valence-corrected chi connectivity index (χ3v) is 5.01. The van der Waals surface area contributed by atoms with Gasteiger partial charge in [-0.3, -0.25) is 4.99 Å². The topological polar surface area (TPSA) is 75.3 Å². The Balaban J connectivity index is 1.49. The number of aromatic nitrogens is 2. The molecule has 0 radical (unpaired) electrons. The lowest BCUT2D eigenvalue weighted by atomic mass is 10.2. The van der Waals surface area contributed by atoms with Gasteiger partial charge in [0.15, 0.2) is 11.7 Å². The summed E-state index contributed by atoms with van der Waals surface area (Å²) in [6.45, 7) is 7.71. The van der Waals surface area contributed by atoms with Crippen molar-refractivity contribution in [3.63, 3.8) is 0 Å². The van der Waals surface area contributed by atoms with Crippen LogP contribution in [0, 0.1) is 19.7 Å². The van der Waals surface area contributed by atoms with Gasteiger partial charge in [0.05, 0.1) is 17.3 Å². The van der Waals surface area contributed by atoms with E-state index < -0.39 is 0 Å². The lowest BCUT2D eigenvalue weighted by Gasteiger charge is -2.09. The van der Waals surface area contributed by atoms with Crippen molar-refractivity contribution in [1.29, 1.82) is 0 Å². The number of hydrogen-bond donors (Lipinski definition) is 2. The smallest absolute Gasteiger partial charge is 0.192 e. The SMILES string of the molecule is C=N/C(=C\SCNc1ccc(CNc2ccc(Cl)cc2F)cn1)c1oc(C)nc1C. The van der Waals surface area contributed by atoms with Crippen molar-refractivity contribution in [3.8, 4) is 0 Å². The Morgan fingerprint density at radius 3 is 2.77 bits per heavy atom. The predicted octanol–water partition coefficient (Wildman–Crippen LogP) is 5.89. The number of anilines is 2. The summed E-state index contributed by atoms with van der Waals surface area (Å²) < 4.78 is 19.4.